The number of alkyl halides is 2. The van der Waals surface area contributed by atoms with E-state index in [4.69, 9.17) is 0 Å². The maximum atomic E-state index is 12.3. The molecular weight excluding hydrogens is 250 g/mol. The first-order chi connectivity index (χ1) is 8.08. The van der Waals surface area contributed by atoms with E-state index in [0.717, 1.165) is 11.3 Å². The predicted octanol–water partition coefficient (Wildman–Crippen LogP) is 3.66. The maximum Gasteiger partial charge on any atom is 0.289 e. The molecule has 0 bridgehead atoms. The summed E-state index contributed by atoms with van der Waals surface area (Å²) in [7, 11) is 0. The molecule has 0 unspecified atom stereocenters. The summed E-state index contributed by atoms with van der Waals surface area (Å²) in [4.78, 5) is 14.1. The Morgan fingerprint density at radius 3 is 2.76 bits per heavy atom. The van der Waals surface area contributed by atoms with Gasteiger partial charge in [-0.05, 0) is 0 Å². The summed E-state index contributed by atoms with van der Waals surface area (Å²) in [6.45, 7) is 0. The van der Waals surface area contributed by atoms with Gasteiger partial charge >= 0.3 is 0 Å². The van der Waals surface area contributed by atoms with Gasteiger partial charge in [-0.15, -0.1) is 11.3 Å². The van der Waals surface area contributed by atoms with Gasteiger partial charge in [0, 0.05) is 23.9 Å². The van der Waals surface area contributed by atoms with Crippen LogP contribution in [0, 0.1) is 10.1 Å². The van der Waals surface area contributed by atoms with Gasteiger partial charge in [0.15, 0.2) is 5.01 Å². The van der Waals surface area contributed by atoms with Gasteiger partial charge in [0.05, 0.1) is 9.80 Å². The summed E-state index contributed by atoms with van der Waals surface area (Å²) in [6, 6.07) is 5.81. The highest BCUT2D eigenvalue weighted by Crippen LogP contribution is 2.32. The zero-order valence-corrected chi connectivity index (χ0v) is 9.16. The number of halogens is 2. The van der Waals surface area contributed by atoms with E-state index in [1.807, 2.05) is 0 Å². The molecule has 88 valence electrons. The molecule has 1 aromatic heterocycles. The van der Waals surface area contributed by atoms with Crippen LogP contribution in [0.4, 0.5) is 14.5 Å². The fourth-order valence-corrected chi connectivity index (χ4v) is 2.06. The van der Waals surface area contributed by atoms with Crippen molar-refractivity contribution in [2.45, 2.75) is 6.43 Å². The minimum absolute atomic E-state index is 0.0745. The Morgan fingerprint density at radius 1 is 1.41 bits per heavy atom. The van der Waals surface area contributed by atoms with E-state index in [1.165, 1.54) is 24.4 Å². The lowest BCUT2D eigenvalue weighted by Gasteiger charge is -1.96. The third kappa shape index (κ3) is 2.44. The molecule has 7 heteroatoms. The minimum atomic E-state index is -2.62. The van der Waals surface area contributed by atoms with E-state index >= 15 is 0 Å². The van der Waals surface area contributed by atoms with Crippen LogP contribution in [0.1, 0.15) is 11.4 Å². The Morgan fingerprint density at radius 2 is 2.18 bits per heavy atom. The van der Waals surface area contributed by atoms with Crippen molar-refractivity contribution >= 4 is 17.0 Å². The van der Waals surface area contributed by atoms with E-state index in [9.17, 15) is 18.9 Å². The first-order valence-electron chi connectivity index (χ1n) is 4.56. The van der Waals surface area contributed by atoms with Gasteiger partial charge in [0.2, 0.25) is 0 Å². The summed E-state index contributed by atoms with van der Waals surface area (Å²) in [6.07, 6.45) is -1.32. The zero-order valence-electron chi connectivity index (χ0n) is 8.34. The molecule has 0 N–H and O–H groups in total. The van der Waals surface area contributed by atoms with Gasteiger partial charge in [-0.2, -0.15) is 0 Å². The molecule has 0 aliphatic carbocycles. The van der Waals surface area contributed by atoms with Gasteiger partial charge in [-0.1, -0.05) is 12.1 Å². The lowest BCUT2D eigenvalue weighted by molar-refractivity contribution is -0.384. The number of thiazole rings is 1. The monoisotopic (exact) mass is 256 g/mol. The van der Waals surface area contributed by atoms with Crippen LogP contribution in [0.15, 0.2) is 30.5 Å². The fourth-order valence-electron chi connectivity index (χ4n) is 1.29. The van der Waals surface area contributed by atoms with Crippen LogP contribution in [0.5, 0.6) is 0 Å². The SMILES string of the molecule is O=[N+]([O-])c1cccc(-c2cnc(C(F)F)s2)c1. The van der Waals surface area contributed by atoms with Gasteiger partial charge in [0.1, 0.15) is 0 Å². The Bertz CT molecular complexity index is 557. The van der Waals surface area contributed by atoms with Crippen LogP contribution >= 0.6 is 11.3 Å². The summed E-state index contributed by atoms with van der Waals surface area (Å²) < 4.78 is 24.7. The zero-order chi connectivity index (χ0) is 12.4. The highest BCUT2D eigenvalue weighted by atomic mass is 32.1. The van der Waals surface area contributed by atoms with E-state index in [0.29, 0.717) is 10.4 Å². The molecule has 0 aliphatic rings. The predicted molar refractivity (Wildman–Crippen MR) is 59.2 cm³/mol. The molecule has 0 aliphatic heterocycles. The molecule has 0 saturated heterocycles. The van der Waals surface area contributed by atoms with Crippen molar-refractivity contribution in [2.75, 3.05) is 0 Å². The second kappa shape index (κ2) is 4.54. The second-order valence-electron chi connectivity index (χ2n) is 3.17. The summed E-state index contributed by atoms with van der Waals surface area (Å²) in [5.74, 6) is 0. The number of nitro benzene ring substituents is 1. The summed E-state index contributed by atoms with van der Waals surface area (Å²) in [5.41, 5.74) is 0.443. The Kier molecular flexibility index (Phi) is 3.10. The molecule has 0 fully saturated rings. The second-order valence-corrected chi connectivity index (χ2v) is 4.23. The number of benzene rings is 1. The first kappa shape index (κ1) is 11.6. The van der Waals surface area contributed by atoms with Crippen molar-refractivity contribution in [1.82, 2.24) is 4.98 Å². The number of nitro groups is 1. The van der Waals surface area contributed by atoms with Crippen molar-refractivity contribution < 1.29 is 13.7 Å². The van der Waals surface area contributed by atoms with Gasteiger partial charge in [-0.3, -0.25) is 10.1 Å². The van der Waals surface area contributed by atoms with Crippen molar-refractivity contribution in [1.29, 1.82) is 0 Å². The normalized spacial score (nSPS) is 10.8. The first-order valence-corrected chi connectivity index (χ1v) is 5.38. The van der Waals surface area contributed by atoms with Crippen LogP contribution in [-0.2, 0) is 0 Å². The number of hydrogen-bond donors (Lipinski definition) is 0. The molecule has 1 heterocycles. The Hall–Kier alpha value is -1.89. The number of non-ortho nitro benzene ring substituents is 1. The average Bonchev–Trinajstić information content (AvgIpc) is 2.78. The lowest BCUT2D eigenvalue weighted by atomic mass is 10.2. The number of rotatable bonds is 3. The molecular formula is C10H6F2N2O2S. The van der Waals surface area contributed by atoms with Crippen molar-refractivity contribution in [3.8, 4) is 10.4 Å². The molecule has 2 aromatic rings. The Balaban J connectivity index is 2.38. The van der Waals surface area contributed by atoms with Crippen molar-refractivity contribution in [3.05, 3.63) is 45.6 Å². The van der Waals surface area contributed by atoms with E-state index in [-0.39, 0.29) is 10.7 Å². The molecule has 0 saturated carbocycles. The quantitative estimate of drug-likeness (QED) is 0.622. The molecule has 0 atom stereocenters. The molecule has 17 heavy (non-hydrogen) atoms. The smallest absolute Gasteiger partial charge is 0.258 e. The van der Waals surface area contributed by atoms with Gasteiger partial charge < -0.3 is 0 Å². The summed E-state index contributed by atoms with van der Waals surface area (Å²) >= 11 is 0.831. The molecule has 1 aromatic carbocycles. The van der Waals surface area contributed by atoms with Gasteiger partial charge in [0.25, 0.3) is 12.1 Å². The minimum Gasteiger partial charge on any atom is -0.258 e. The topological polar surface area (TPSA) is 56.0 Å². The average molecular weight is 256 g/mol. The maximum absolute atomic E-state index is 12.3. The Labute approximate surface area is 98.7 Å². The van der Waals surface area contributed by atoms with Crippen LogP contribution in [0.25, 0.3) is 10.4 Å². The third-order valence-corrected chi connectivity index (χ3v) is 3.11. The van der Waals surface area contributed by atoms with Gasteiger partial charge in [-0.25, -0.2) is 13.8 Å². The van der Waals surface area contributed by atoms with Crippen LogP contribution in [-0.4, -0.2) is 9.91 Å². The van der Waals surface area contributed by atoms with Crippen LogP contribution in [0.2, 0.25) is 0 Å². The number of hydrogen-bond acceptors (Lipinski definition) is 4. The third-order valence-electron chi connectivity index (χ3n) is 2.05. The summed E-state index contributed by atoms with van der Waals surface area (Å²) in [5, 5.41) is 10.3. The highest BCUT2D eigenvalue weighted by molar-refractivity contribution is 7.15. The highest BCUT2D eigenvalue weighted by Gasteiger charge is 2.14. The van der Waals surface area contributed by atoms with Crippen molar-refractivity contribution in [2.24, 2.45) is 0 Å². The molecule has 0 spiro atoms. The molecule has 4 nitrogen and oxygen atoms in total. The fraction of sp³-hybridized carbons (Fsp3) is 0.100. The number of aromatic nitrogens is 1. The number of nitrogens with zero attached hydrogens (tertiary/aromatic N) is 2. The van der Waals surface area contributed by atoms with E-state index in [2.05, 4.69) is 4.98 Å². The standard InChI is InChI=1S/C10H6F2N2O2S/c11-9(12)10-13-5-8(17-10)6-2-1-3-7(4-6)14(15)16/h1-5,9H. The largest absolute Gasteiger partial charge is 0.289 e. The lowest BCUT2D eigenvalue weighted by Crippen LogP contribution is -1.87. The molecule has 0 radical (unpaired) electrons. The van der Waals surface area contributed by atoms with Crippen LogP contribution in [0.3, 0.4) is 0 Å². The van der Waals surface area contributed by atoms with E-state index < -0.39 is 11.3 Å². The van der Waals surface area contributed by atoms with E-state index in [1.54, 1.807) is 6.07 Å². The van der Waals surface area contributed by atoms with Crippen LogP contribution < -0.4 is 0 Å². The molecule has 2 rings (SSSR count). The van der Waals surface area contributed by atoms with Crippen molar-refractivity contribution in [3.63, 3.8) is 0 Å². The molecule has 0 amide bonds.